The van der Waals surface area contributed by atoms with Crippen LogP contribution in [0.1, 0.15) is 41.3 Å². The molecule has 0 unspecified atom stereocenters. The molecule has 1 N–H and O–H groups in total. The first-order valence-corrected chi connectivity index (χ1v) is 12.4. The molecule has 0 saturated carbocycles. The van der Waals surface area contributed by atoms with E-state index in [0.29, 0.717) is 12.8 Å². The predicted octanol–water partition coefficient (Wildman–Crippen LogP) is 4.71. The zero-order valence-corrected chi connectivity index (χ0v) is 19.6. The summed E-state index contributed by atoms with van der Waals surface area (Å²) in [7, 11) is -3.73. The Morgan fingerprint density at radius 2 is 1.93 bits per heavy atom. The van der Waals surface area contributed by atoms with Gasteiger partial charge >= 0.3 is 0 Å². The van der Waals surface area contributed by atoms with Crippen LogP contribution in [0.5, 0.6) is 0 Å². The zero-order valence-electron chi connectivity index (χ0n) is 15.8. The summed E-state index contributed by atoms with van der Waals surface area (Å²) in [5.74, 6) is 0.0899. The van der Waals surface area contributed by atoms with Crippen LogP contribution in [0, 0.1) is 3.57 Å². The molecule has 0 atom stereocenters. The number of sulfonamides is 1. The first kappa shape index (κ1) is 21.8. The molecule has 0 spiro atoms. The van der Waals surface area contributed by atoms with Gasteiger partial charge in [0.25, 0.3) is 10.0 Å². The Balaban J connectivity index is 1.79. The standard InChI is InChI=1S/C20H20IN3O3S2/c1-2-5-15-12-16(29(26,27)24-20-22-13-23-28-20)10-8-14(15)9-11-19(25)17-6-3-4-7-18(17)21/h3-4,6-8,10,12-13H,2,5,9,11H2,1H3,(H,22,23,24). The summed E-state index contributed by atoms with van der Waals surface area (Å²) >= 11 is 3.15. The molecule has 9 heteroatoms. The molecule has 0 radical (unpaired) electrons. The van der Waals surface area contributed by atoms with Crippen molar-refractivity contribution in [3.63, 3.8) is 0 Å². The van der Waals surface area contributed by atoms with E-state index in [1.54, 1.807) is 12.1 Å². The van der Waals surface area contributed by atoms with Crippen molar-refractivity contribution in [1.29, 1.82) is 0 Å². The molecule has 2 aromatic carbocycles. The highest BCUT2D eigenvalue weighted by molar-refractivity contribution is 14.1. The molecule has 1 aromatic heterocycles. The summed E-state index contributed by atoms with van der Waals surface area (Å²) < 4.78 is 32.4. The molecule has 3 rings (SSSR count). The van der Waals surface area contributed by atoms with E-state index in [9.17, 15) is 13.2 Å². The van der Waals surface area contributed by atoms with Crippen molar-refractivity contribution in [2.45, 2.75) is 37.5 Å². The fraction of sp³-hybridized carbons (Fsp3) is 0.250. The first-order valence-electron chi connectivity index (χ1n) is 9.09. The molecule has 1 heterocycles. The summed E-state index contributed by atoms with van der Waals surface area (Å²) in [4.78, 5) is 16.6. The highest BCUT2D eigenvalue weighted by Crippen LogP contribution is 2.23. The second-order valence-electron chi connectivity index (χ2n) is 6.44. The number of nitrogens with zero attached hydrogens (tertiary/aromatic N) is 2. The van der Waals surface area contributed by atoms with Crippen molar-refractivity contribution in [2.75, 3.05) is 4.72 Å². The summed E-state index contributed by atoms with van der Waals surface area (Å²) in [5.41, 5.74) is 2.68. The zero-order chi connectivity index (χ0) is 20.9. The third kappa shape index (κ3) is 5.61. The van der Waals surface area contributed by atoms with Gasteiger partial charge in [-0.25, -0.2) is 13.4 Å². The molecule has 0 bridgehead atoms. The number of anilines is 1. The molecule has 0 amide bonds. The van der Waals surface area contributed by atoms with Crippen LogP contribution in [-0.4, -0.2) is 23.6 Å². The highest BCUT2D eigenvalue weighted by Gasteiger charge is 2.18. The lowest BCUT2D eigenvalue weighted by atomic mass is 9.97. The van der Waals surface area contributed by atoms with Gasteiger partial charge in [-0.3, -0.25) is 9.52 Å². The number of Topliss-reactive ketones (excluding diaryl/α,β-unsaturated/α-hetero) is 1. The van der Waals surface area contributed by atoms with E-state index >= 15 is 0 Å². The van der Waals surface area contributed by atoms with Gasteiger partial charge in [0, 0.05) is 27.1 Å². The fourth-order valence-corrected chi connectivity index (χ4v) is 5.38. The van der Waals surface area contributed by atoms with E-state index in [1.165, 1.54) is 6.33 Å². The van der Waals surface area contributed by atoms with Crippen molar-refractivity contribution >= 4 is 55.1 Å². The minimum atomic E-state index is -3.73. The Kier molecular flexibility index (Phi) is 7.36. The Labute approximate surface area is 188 Å². The number of aryl methyl sites for hydroxylation is 2. The first-order chi connectivity index (χ1) is 13.9. The third-order valence-corrected chi connectivity index (χ3v) is 7.37. The van der Waals surface area contributed by atoms with Gasteiger partial charge in [0.05, 0.1) is 4.90 Å². The van der Waals surface area contributed by atoms with Crippen molar-refractivity contribution < 1.29 is 13.2 Å². The van der Waals surface area contributed by atoms with Gasteiger partial charge in [0.15, 0.2) is 5.78 Å². The van der Waals surface area contributed by atoms with Crippen molar-refractivity contribution in [3.05, 3.63) is 69.1 Å². The van der Waals surface area contributed by atoms with Crippen LogP contribution in [-0.2, 0) is 22.9 Å². The highest BCUT2D eigenvalue weighted by atomic mass is 127. The minimum Gasteiger partial charge on any atom is -0.294 e. The second-order valence-corrected chi connectivity index (χ2v) is 10.1. The van der Waals surface area contributed by atoms with E-state index in [4.69, 9.17) is 0 Å². The number of aromatic nitrogens is 2. The number of carbonyl (C=O) groups is 1. The van der Waals surface area contributed by atoms with Crippen LogP contribution < -0.4 is 4.72 Å². The Hall–Kier alpha value is -1.85. The molecule has 152 valence electrons. The van der Waals surface area contributed by atoms with Gasteiger partial charge < -0.3 is 0 Å². The van der Waals surface area contributed by atoms with Gasteiger partial charge in [-0.1, -0.05) is 37.6 Å². The minimum absolute atomic E-state index is 0.0899. The lowest BCUT2D eigenvalue weighted by Crippen LogP contribution is -2.13. The topological polar surface area (TPSA) is 89.0 Å². The van der Waals surface area contributed by atoms with Gasteiger partial charge in [-0.05, 0) is 64.8 Å². The molecular formula is C20H20IN3O3S2. The summed E-state index contributed by atoms with van der Waals surface area (Å²) in [6.45, 7) is 2.04. The van der Waals surface area contributed by atoms with Crippen LogP contribution in [0.4, 0.5) is 5.13 Å². The second kappa shape index (κ2) is 9.77. The average Bonchev–Trinajstić information content (AvgIpc) is 3.19. The third-order valence-electron chi connectivity index (χ3n) is 4.39. The lowest BCUT2D eigenvalue weighted by Gasteiger charge is -2.12. The van der Waals surface area contributed by atoms with E-state index in [-0.39, 0.29) is 15.8 Å². The number of nitrogens with one attached hydrogen (secondary N) is 1. The number of benzene rings is 2. The normalized spacial score (nSPS) is 11.4. The van der Waals surface area contributed by atoms with Crippen LogP contribution in [0.3, 0.4) is 0 Å². The van der Waals surface area contributed by atoms with Crippen LogP contribution in [0.15, 0.2) is 53.7 Å². The van der Waals surface area contributed by atoms with Crippen LogP contribution in [0.2, 0.25) is 0 Å². The number of rotatable bonds is 9. The Bertz CT molecular complexity index is 1100. The summed E-state index contributed by atoms with van der Waals surface area (Å²) in [6, 6.07) is 12.6. The maximum Gasteiger partial charge on any atom is 0.263 e. The van der Waals surface area contributed by atoms with Crippen LogP contribution in [0.25, 0.3) is 0 Å². The number of carbonyl (C=O) groups excluding carboxylic acids is 1. The average molecular weight is 541 g/mol. The van der Waals surface area contributed by atoms with Gasteiger partial charge in [0.2, 0.25) is 5.13 Å². The van der Waals surface area contributed by atoms with Crippen molar-refractivity contribution in [1.82, 2.24) is 9.36 Å². The van der Waals surface area contributed by atoms with E-state index in [1.807, 2.05) is 37.3 Å². The number of ketones is 1. The lowest BCUT2D eigenvalue weighted by molar-refractivity contribution is 0.0982. The molecule has 0 saturated heterocycles. The molecule has 3 aromatic rings. The molecule has 29 heavy (non-hydrogen) atoms. The van der Waals surface area contributed by atoms with E-state index < -0.39 is 10.0 Å². The van der Waals surface area contributed by atoms with Gasteiger partial charge in [-0.2, -0.15) is 4.37 Å². The molecule has 0 fully saturated rings. The summed E-state index contributed by atoms with van der Waals surface area (Å²) in [5, 5.41) is 0.231. The predicted molar refractivity (Wildman–Crippen MR) is 123 cm³/mol. The largest absolute Gasteiger partial charge is 0.294 e. The molecular weight excluding hydrogens is 521 g/mol. The molecule has 0 aliphatic heterocycles. The smallest absolute Gasteiger partial charge is 0.263 e. The van der Waals surface area contributed by atoms with Crippen molar-refractivity contribution in [2.24, 2.45) is 0 Å². The quantitative estimate of drug-likeness (QED) is 0.313. The Morgan fingerprint density at radius 3 is 2.62 bits per heavy atom. The van der Waals surface area contributed by atoms with Gasteiger partial charge in [-0.15, -0.1) is 0 Å². The number of hydrogen-bond donors (Lipinski definition) is 1. The van der Waals surface area contributed by atoms with E-state index in [0.717, 1.165) is 44.6 Å². The Morgan fingerprint density at radius 1 is 1.14 bits per heavy atom. The fourth-order valence-electron chi connectivity index (χ4n) is 2.98. The SMILES string of the molecule is CCCc1cc(S(=O)(=O)Nc2ncns2)ccc1CCC(=O)c1ccccc1I. The molecule has 0 aliphatic rings. The number of halogens is 1. The summed E-state index contributed by atoms with van der Waals surface area (Å²) in [6.07, 6.45) is 3.88. The van der Waals surface area contributed by atoms with E-state index in [2.05, 4.69) is 36.7 Å². The monoisotopic (exact) mass is 541 g/mol. The van der Waals surface area contributed by atoms with Crippen molar-refractivity contribution in [3.8, 4) is 0 Å². The molecule has 6 nitrogen and oxygen atoms in total. The number of hydrogen-bond acceptors (Lipinski definition) is 6. The van der Waals surface area contributed by atoms with Crippen LogP contribution >= 0.6 is 34.1 Å². The maximum absolute atomic E-state index is 12.6. The maximum atomic E-state index is 12.6. The molecule has 0 aliphatic carbocycles. The van der Waals surface area contributed by atoms with Gasteiger partial charge in [0.1, 0.15) is 6.33 Å².